The third kappa shape index (κ3) is 4.09. The molecule has 0 aliphatic rings. The number of non-ortho nitro benzene ring substituents is 1. The van der Waals surface area contributed by atoms with Crippen molar-refractivity contribution in [2.24, 2.45) is 0 Å². The number of carbonyl (C=O) groups is 2. The summed E-state index contributed by atoms with van der Waals surface area (Å²) in [4.78, 5) is 35.0. The Kier molecular flexibility index (Phi) is 5.32. The van der Waals surface area contributed by atoms with Crippen LogP contribution in [0.25, 0.3) is 0 Å². The van der Waals surface area contributed by atoms with Gasteiger partial charge >= 0.3 is 5.97 Å². The second-order valence-corrected chi connectivity index (χ2v) is 5.97. The van der Waals surface area contributed by atoms with Crippen LogP contribution in [0.1, 0.15) is 44.3 Å². The molecule has 0 aliphatic carbocycles. The lowest BCUT2D eigenvalue weighted by atomic mass is 9.96. The van der Waals surface area contributed by atoms with Crippen molar-refractivity contribution in [3.05, 3.63) is 74.3 Å². The van der Waals surface area contributed by atoms with Crippen LogP contribution in [-0.4, -0.2) is 22.8 Å². The van der Waals surface area contributed by atoms with E-state index in [0.29, 0.717) is 5.56 Å². The number of nitrogens with zero attached hydrogens (tertiary/aromatic N) is 1. The highest BCUT2D eigenvalue weighted by Gasteiger charge is 2.23. The molecule has 0 spiro atoms. The summed E-state index contributed by atoms with van der Waals surface area (Å²) in [6.07, 6.45) is -0.993. The van der Waals surface area contributed by atoms with Crippen LogP contribution in [0.4, 0.5) is 5.69 Å². The van der Waals surface area contributed by atoms with Crippen LogP contribution in [0, 0.1) is 30.9 Å². The molecule has 0 saturated carbocycles. The van der Waals surface area contributed by atoms with E-state index in [4.69, 9.17) is 4.74 Å². The number of benzene rings is 2. The van der Waals surface area contributed by atoms with Gasteiger partial charge < -0.3 is 4.74 Å². The maximum Gasteiger partial charge on any atom is 0.339 e. The van der Waals surface area contributed by atoms with Gasteiger partial charge in [-0.2, -0.15) is 0 Å². The van der Waals surface area contributed by atoms with E-state index >= 15 is 0 Å². The number of ether oxygens (including phenoxy) is 1. The number of rotatable bonds is 5. The van der Waals surface area contributed by atoms with Gasteiger partial charge in [0.05, 0.1) is 10.5 Å². The minimum atomic E-state index is -0.993. The highest BCUT2D eigenvalue weighted by molar-refractivity contribution is 6.02. The predicted molar refractivity (Wildman–Crippen MR) is 93.0 cm³/mol. The van der Waals surface area contributed by atoms with Crippen molar-refractivity contribution < 1.29 is 19.2 Å². The first-order valence-corrected chi connectivity index (χ1v) is 7.78. The number of hydrogen-bond donors (Lipinski definition) is 0. The third-order valence-electron chi connectivity index (χ3n) is 4.05. The molecule has 0 fully saturated rings. The van der Waals surface area contributed by atoms with E-state index in [1.54, 1.807) is 6.07 Å². The lowest BCUT2D eigenvalue weighted by Gasteiger charge is -2.15. The van der Waals surface area contributed by atoms with E-state index in [1.807, 2.05) is 26.8 Å². The summed E-state index contributed by atoms with van der Waals surface area (Å²) in [6.45, 7) is 7.19. The fourth-order valence-electron chi connectivity index (χ4n) is 2.47. The van der Waals surface area contributed by atoms with Crippen molar-refractivity contribution in [3.8, 4) is 0 Å². The molecule has 2 aromatic rings. The molecular formula is C19H19NO5. The van der Waals surface area contributed by atoms with Crippen LogP contribution in [0.3, 0.4) is 0 Å². The second kappa shape index (κ2) is 7.25. The Labute approximate surface area is 145 Å². The number of hydrogen-bond acceptors (Lipinski definition) is 5. The van der Waals surface area contributed by atoms with Gasteiger partial charge in [0.15, 0.2) is 6.10 Å². The molecule has 2 rings (SSSR count). The Morgan fingerprint density at radius 2 is 1.68 bits per heavy atom. The lowest BCUT2D eigenvalue weighted by Crippen LogP contribution is -2.25. The third-order valence-corrected chi connectivity index (χ3v) is 4.05. The summed E-state index contributed by atoms with van der Waals surface area (Å²) in [5.41, 5.74) is 3.19. The van der Waals surface area contributed by atoms with Crippen molar-refractivity contribution in [2.45, 2.75) is 33.8 Å². The highest BCUT2D eigenvalue weighted by Crippen LogP contribution is 2.19. The molecule has 6 nitrogen and oxygen atoms in total. The minimum absolute atomic E-state index is 0.0330. The standard InChI is InChI=1S/C19H19NO5/c1-11-8-13(3)17(9-12(11)2)18(21)14(4)25-19(22)15-6-5-7-16(10-15)20(23)24/h5-10,14H,1-4H3. The molecule has 0 aromatic heterocycles. The molecule has 2 aromatic carbocycles. The molecule has 130 valence electrons. The SMILES string of the molecule is Cc1cc(C)c(C(=O)C(C)OC(=O)c2cccc([N+](=O)[O-])c2)cc1C. The number of ketones is 1. The zero-order valence-corrected chi connectivity index (χ0v) is 14.5. The molecule has 6 heteroatoms. The first kappa shape index (κ1) is 18.3. The van der Waals surface area contributed by atoms with Gasteiger partial charge in [-0.25, -0.2) is 4.79 Å². The van der Waals surface area contributed by atoms with E-state index in [1.165, 1.54) is 25.1 Å². The average Bonchev–Trinajstić information content (AvgIpc) is 2.57. The van der Waals surface area contributed by atoms with E-state index in [2.05, 4.69) is 0 Å². The zero-order chi connectivity index (χ0) is 18.7. The Morgan fingerprint density at radius 3 is 2.32 bits per heavy atom. The van der Waals surface area contributed by atoms with Gasteiger partial charge in [0.25, 0.3) is 5.69 Å². The number of carbonyl (C=O) groups excluding carboxylic acids is 2. The molecular weight excluding hydrogens is 322 g/mol. The topological polar surface area (TPSA) is 86.5 Å². The second-order valence-electron chi connectivity index (χ2n) is 5.97. The fraction of sp³-hybridized carbons (Fsp3) is 0.263. The molecule has 1 unspecified atom stereocenters. The van der Waals surface area contributed by atoms with Crippen LogP contribution in [-0.2, 0) is 4.74 Å². The van der Waals surface area contributed by atoms with Crippen LogP contribution < -0.4 is 0 Å². The predicted octanol–water partition coefficient (Wildman–Crippen LogP) is 3.95. The lowest BCUT2D eigenvalue weighted by molar-refractivity contribution is -0.384. The van der Waals surface area contributed by atoms with Crippen molar-refractivity contribution >= 4 is 17.4 Å². The molecule has 0 amide bonds. The number of aryl methyl sites for hydroxylation is 3. The summed E-state index contributed by atoms with van der Waals surface area (Å²) < 4.78 is 5.20. The molecule has 0 aliphatic heterocycles. The monoisotopic (exact) mass is 341 g/mol. The van der Waals surface area contributed by atoms with Crippen LogP contribution >= 0.6 is 0 Å². The maximum atomic E-state index is 12.6. The fourth-order valence-corrected chi connectivity index (χ4v) is 2.47. The Morgan fingerprint density at radius 1 is 1.04 bits per heavy atom. The van der Waals surface area contributed by atoms with Gasteiger partial charge in [-0.1, -0.05) is 12.1 Å². The van der Waals surface area contributed by atoms with Gasteiger partial charge in [-0.05, 0) is 56.5 Å². The normalized spacial score (nSPS) is 11.7. The van der Waals surface area contributed by atoms with Crippen LogP contribution in [0.15, 0.2) is 36.4 Å². The summed E-state index contributed by atoms with van der Waals surface area (Å²) in [7, 11) is 0. The van der Waals surface area contributed by atoms with Gasteiger partial charge in [0, 0.05) is 17.7 Å². The summed E-state index contributed by atoms with van der Waals surface area (Å²) in [6, 6.07) is 8.91. The largest absolute Gasteiger partial charge is 0.451 e. The summed E-state index contributed by atoms with van der Waals surface area (Å²) in [5, 5.41) is 10.8. The molecule has 0 bridgehead atoms. The Balaban J connectivity index is 2.19. The van der Waals surface area contributed by atoms with Crippen LogP contribution in [0.2, 0.25) is 0 Å². The molecule has 0 N–H and O–H groups in total. The van der Waals surface area contributed by atoms with Crippen molar-refractivity contribution in [2.75, 3.05) is 0 Å². The highest BCUT2D eigenvalue weighted by atomic mass is 16.6. The number of Topliss-reactive ketones (excluding diaryl/α,β-unsaturated/α-hetero) is 1. The molecule has 1 atom stereocenters. The first-order chi connectivity index (χ1) is 11.7. The molecule has 25 heavy (non-hydrogen) atoms. The van der Waals surface area contributed by atoms with E-state index in [0.717, 1.165) is 22.8 Å². The van der Waals surface area contributed by atoms with Gasteiger partial charge in [0.2, 0.25) is 5.78 Å². The zero-order valence-electron chi connectivity index (χ0n) is 14.5. The van der Waals surface area contributed by atoms with Gasteiger partial charge in [0.1, 0.15) is 0 Å². The Bertz CT molecular complexity index is 857. The number of nitro benzene ring substituents is 1. The summed E-state index contributed by atoms with van der Waals surface area (Å²) in [5.74, 6) is -1.08. The Hall–Kier alpha value is -3.02. The summed E-state index contributed by atoms with van der Waals surface area (Å²) >= 11 is 0. The van der Waals surface area contributed by atoms with E-state index < -0.39 is 17.0 Å². The smallest absolute Gasteiger partial charge is 0.339 e. The maximum absolute atomic E-state index is 12.6. The van der Waals surface area contributed by atoms with Gasteiger partial charge in [-0.3, -0.25) is 14.9 Å². The van der Waals surface area contributed by atoms with Gasteiger partial charge in [-0.15, -0.1) is 0 Å². The van der Waals surface area contributed by atoms with E-state index in [9.17, 15) is 19.7 Å². The molecule has 0 radical (unpaired) electrons. The van der Waals surface area contributed by atoms with E-state index in [-0.39, 0.29) is 17.0 Å². The van der Waals surface area contributed by atoms with Crippen molar-refractivity contribution in [3.63, 3.8) is 0 Å². The first-order valence-electron chi connectivity index (χ1n) is 7.78. The molecule has 0 heterocycles. The average molecular weight is 341 g/mol. The van der Waals surface area contributed by atoms with Crippen molar-refractivity contribution in [1.82, 2.24) is 0 Å². The minimum Gasteiger partial charge on any atom is -0.451 e. The molecule has 0 saturated heterocycles. The quantitative estimate of drug-likeness (QED) is 0.356. The number of esters is 1. The number of nitro groups is 1. The van der Waals surface area contributed by atoms with Crippen LogP contribution in [0.5, 0.6) is 0 Å². The van der Waals surface area contributed by atoms with Crippen molar-refractivity contribution in [1.29, 1.82) is 0 Å².